The Hall–Kier alpha value is -2.76. The number of hydrogen-bond donors (Lipinski definition) is 2. The van der Waals surface area contributed by atoms with Crippen LogP contribution in [0.15, 0.2) is 27.9 Å². The largest absolute Gasteiger partial charge is 0.493 e. The number of rotatable bonds is 8. The summed E-state index contributed by atoms with van der Waals surface area (Å²) in [5.41, 5.74) is 1.82. The topological polar surface area (TPSA) is 122 Å². The van der Waals surface area contributed by atoms with Crippen LogP contribution < -0.4 is 15.6 Å². The first-order valence-electron chi connectivity index (χ1n) is 12.2. The summed E-state index contributed by atoms with van der Waals surface area (Å²) in [6, 6.07) is 4.82. The van der Waals surface area contributed by atoms with Crippen LogP contribution in [0.4, 0.5) is 0 Å². The van der Waals surface area contributed by atoms with Gasteiger partial charge < -0.3 is 15.0 Å². The fourth-order valence-corrected chi connectivity index (χ4v) is 6.31. The Morgan fingerprint density at radius 2 is 1.86 bits per heavy atom. The van der Waals surface area contributed by atoms with Crippen LogP contribution in [0.2, 0.25) is 0 Å². The molecule has 0 bridgehead atoms. The molecule has 0 amide bonds. The molecule has 0 aliphatic carbocycles. The minimum Gasteiger partial charge on any atom is -0.493 e. The lowest BCUT2D eigenvalue weighted by Crippen LogP contribution is -2.55. The van der Waals surface area contributed by atoms with Gasteiger partial charge in [-0.15, -0.1) is 0 Å². The number of benzene rings is 1. The molecule has 3 heterocycles. The molecule has 0 spiro atoms. The van der Waals surface area contributed by atoms with E-state index in [-0.39, 0.29) is 28.4 Å². The second kappa shape index (κ2) is 10.1. The van der Waals surface area contributed by atoms with Crippen molar-refractivity contribution in [1.82, 2.24) is 29.4 Å². The van der Waals surface area contributed by atoms with Crippen LogP contribution in [0.3, 0.4) is 0 Å². The summed E-state index contributed by atoms with van der Waals surface area (Å²) in [7, 11) is -3.76. The summed E-state index contributed by atoms with van der Waals surface area (Å²) in [5.74, 6) is 0.717. The van der Waals surface area contributed by atoms with E-state index in [0.29, 0.717) is 55.0 Å². The Balaban J connectivity index is 1.87. The fourth-order valence-electron chi connectivity index (χ4n) is 4.67. The lowest BCUT2D eigenvalue weighted by molar-refractivity contribution is 0.263. The van der Waals surface area contributed by atoms with Gasteiger partial charge in [0.15, 0.2) is 5.52 Å². The number of piperazine rings is 1. The Kier molecular flexibility index (Phi) is 7.30. The first kappa shape index (κ1) is 25.3. The molecule has 1 aromatic carbocycles. The van der Waals surface area contributed by atoms with Crippen molar-refractivity contribution in [2.24, 2.45) is 0 Å². The molecule has 2 unspecified atom stereocenters. The number of aromatic amines is 1. The van der Waals surface area contributed by atoms with Gasteiger partial charge in [-0.2, -0.15) is 9.40 Å². The number of fused-ring (bicyclic) bond motifs is 1. The van der Waals surface area contributed by atoms with E-state index < -0.39 is 10.0 Å². The van der Waals surface area contributed by atoms with Crippen molar-refractivity contribution in [3.8, 4) is 17.1 Å². The predicted octanol–water partition coefficient (Wildman–Crippen LogP) is 2.53. The van der Waals surface area contributed by atoms with E-state index in [4.69, 9.17) is 9.72 Å². The third-order valence-corrected chi connectivity index (χ3v) is 7.95. The van der Waals surface area contributed by atoms with E-state index in [2.05, 4.69) is 15.4 Å². The molecule has 4 rings (SSSR count). The molecule has 190 valence electrons. The monoisotopic (exact) mass is 502 g/mol. The molecule has 1 saturated heterocycles. The molecule has 2 N–H and O–H groups in total. The van der Waals surface area contributed by atoms with Crippen molar-refractivity contribution in [2.75, 3.05) is 19.7 Å². The summed E-state index contributed by atoms with van der Waals surface area (Å²) in [4.78, 5) is 20.8. The van der Waals surface area contributed by atoms with Crippen LogP contribution in [-0.2, 0) is 23.0 Å². The summed E-state index contributed by atoms with van der Waals surface area (Å²) < 4.78 is 36.0. The molecule has 1 aliphatic rings. The minimum absolute atomic E-state index is 0.0446. The number of nitrogens with one attached hydrogen (secondary N) is 2. The number of hydrogen-bond acceptors (Lipinski definition) is 7. The van der Waals surface area contributed by atoms with E-state index in [9.17, 15) is 13.2 Å². The van der Waals surface area contributed by atoms with Crippen LogP contribution >= 0.6 is 0 Å². The van der Waals surface area contributed by atoms with Gasteiger partial charge in [0.2, 0.25) is 10.0 Å². The highest BCUT2D eigenvalue weighted by molar-refractivity contribution is 7.89. The second-order valence-corrected chi connectivity index (χ2v) is 10.9. The minimum atomic E-state index is -3.76. The molecule has 2 aromatic heterocycles. The molecule has 0 radical (unpaired) electrons. The van der Waals surface area contributed by atoms with Gasteiger partial charge in [0, 0.05) is 31.7 Å². The number of aromatic nitrogens is 4. The normalized spacial score (nSPS) is 19.3. The van der Waals surface area contributed by atoms with Gasteiger partial charge in [-0.05, 0) is 52.3 Å². The van der Waals surface area contributed by atoms with Crippen molar-refractivity contribution < 1.29 is 13.2 Å². The summed E-state index contributed by atoms with van der Waals surface area (Å²) in [6.45, 7) is 11.4. The molecule has 0 saturated carbocycles. The van der Waals surface area contributed by atoms with Gasteiger partial charge in [-0.1, -0.05) is 13.3 Å². The Morgan fingerprint density at radius 3 is 2.49 bits per heavy atom. The lowest BCUT2D eigenvalue weighted by Gasteiger charge is -2.35. The number of aryl methyl sites for hydroxylation is 2. The zero-order chi connectivity index (χ0) is 25.3. The Labute approximate surface area is 205 Å². The van der Waals surface area contributed by atoms with Gasteiger partial charge in [-0.3, -0.25) is 9.48 Å². The van der Waals surface area contributed by atoms with Crippen molar-refractivity contribution in [3.63, 3.8) is 0 Å². The van der Waals surface area contributed by atoms with Crippen molar-refractivity contribution in [2.45, 2.75) is 71.0 Å². The summed E-state index contributed by atoms with van der Waals surface area (Å²) >= 11 is 0. The van der Waals surface area contributed by atoms with Gasteiger partial charge >= 0.3 is 0 Å². The van der Waals surface area contributed by atoms with Crippen LogP contribution in [0.25, 0.3) is 22.4 Å². The highest BCUT2D eigenvalue weighted by atomic mass is 32.2. The maximum atomic E-state index is 13.5. The van der Waals surface area contributed by atoms with Gasteiger partial charge in [0.05, 0.1) is 22.8 Å². The van der Waals surface area contributed by atoms with E-state index in [1.165, 1.54) is 4.31 Å². The highest BCUT2D eigenvalue weighted by Gasteiger charge is 2.32. The molecule has 1 aliphatic heterocycles. The number of nitrogens with zero attached hydrogens (tertiary/aromatic N) is 4. The quantitative estimate of drug-likeness (QED) is 0.485. The van der Waals surface area contributed by atoms with Gasteiger partial charge in [0.1, 0.15) is 17.1 Å². The Morgan fingerprint density at radius 1 is 1.14 bits per heavy atom. The molecule has 10 nitrogen and oxygen atoms in total. The first-order chi connectivity index (χ1) is 16.7. The van der Waals surface area contributed by atoms with E-state index in [1.54, 1.807) is 22.9 Å². The van der Waals surface area contributed by atoms with Crippen molar-refractivity contribution in [3.05, 3.63) is 34.2 Å². The first-order valence-corrected chi connectivity index (χ1v) is 13.7. The molecule has 35 heavy (non-hydrogen) atoms. The highest BCUT2D eigenvalue weighted by Crippen LogP contribution is 2.32. The molecule has 2 atom stereocenters. The maximum Gasteiger partial charge on any atom is 0.277 e. The fraction of sp³-hybridized carbons (Fsp3) is 0.542. The van der Waals surface area contributed by atoms with Gasteiger partial charge in [0.25, 0.3) is 5.56 Å². The molecular formula is C24H34N6O4S. The predicted molar refractivity (Wildman–Crippen MR) is 135 cm³/mol. The molecule has 1 fully saturated rings. The second-order valence-electron chi connectivity index (χ2n) is 9.01. The van der Waals surface area contributed by atoms with Crippen LogP contribution in [-0.4, -0.2) is 64.3 Å². The third kappa shape index (κ3) is 4.85. The average molecular weight is 503 g/mol. The SMILES string of the molecule is CCCc1nn(CC)c2c(=O)[nH]c(-c3cc(S(=O)(=O)N4CC(C)NC(C)C4)ccc3OCC)nc12. The number of H-pyrrole nitrogens is 1. The third-order valence-electron chi connectivity index (χ3n) is 6.12. The van der Waals surface area contributed by atoms with Crippen molar-refractivity contribution in [1.29, 1.82) is 0 Å². The summed E-state index contributed by atoms with van der Waals surface area (Å²) in [6.07, 6.45) is 1.55. The van der Waals surface area contributed by atoms with E-state index in [0.717, 1.165) is 12.1 Å². The van der Waals surface area contributed by atoms with Gasteiger partial charge in [-0.25, -0.2) is 13.4 Å². The van der Waals surface area contributed by atoms with E-state index >= 15 is 0 Å². The molecule has 11 heteroatoms. The van der Waals surface area contributed by atoms with Crippen LogP contribution in [0.5, 0.6) is 5.75 Å². The average Bonchev–Trinajstić information content (AvgIpc) is 3.17. The standard InChI is InChI=1S/C24H34N6O4S/c1-6-9-19-21-22(30(7-2)28-19)24(31)27-23(26-21)18-12-17(10-11-20(18)34-8-3)35(32,33)29-13-15(4)25-16(5)14-29/h10-12,15-16,25H,6-9,13-14H2,1-5H3,(H,26,27,31). The zero-order valence-corrected chi connectivity index (χ0v) is 21.8. The maximum absolute atomic E-state index is 13.5. The van der Waals surface area contributed by atoms with Crippen molar-refractivity contribution >= 4 is 21.1 Å². The molecular weight excluding hydrogens is 468 g/mol. The molecule has 3 aromatic rings. The van der Waals surface area contributed by atoms with E-state index in [1.807, 2.05) is 34.6 Å². The smallest absolute Gasteiger partial charge is 0.277 e. The Bertz CT molecular complexity index is 1370. The summed E-state index contributed by atoms with van der Waals surface area (Å²) in [5, 5.41) is 7.94. The number of ether oxygens (including phenoxy) is 1. The van der Waals surface area contributed by atoms with Crippen LogP contribution in [0, 0.1) is 0 Å². The van der Waals surface area contributed by atoms with Crippen LogP contribution in [0.1, 0.15) is 46.7 Å². The number of sulfonamides is 1. The zero-order valence-electron chi connectivity index (χ0n) is 21.0. The lowest BCUT2D eigenvalue weighted by atomic mass is 10.1.